The number of urea groups is 1. The van der Waals surface area contributed by atoms with Crippen molar-refractivity contribution < 1.29 is 19.4 Å². The van der Waals surface area contributed by atoms with Gasteiger partial charge in [0.25, 0.3) is 0 Å². The van der Waals surface area contributed by atoms with Crippen LogP contribution in [0.1, 0.15) is 18.4 Å². The van der Waals surface area contributed by atoms with Gasteiger partial charge in [0, 0.05) is 18.8 Å². The first-order valence-corrected chi connectivity index (χ1v) is 8.62. The Bertz CT molecular complexity index is 877. The van der Waals surface area contributed by atoms with Crippen LogP contribution in [0.15, 0.2) is 48.5 Å². The molecule has 1 aliphatic rings. The second kappa shape index (κ2) is 8.23. The average molecular weight is 365 g/mol. The number of amides is 2. The van der Waals surface area contributed by atoms with E-state index in [4.69, 9.17) is 9.84 Å². The SMILES string of the molecule is N#Cc1cc(NC(=O)N2CCCC(C(=O)O)C2)ccc1Oc1ccccc1. The molecule has 0 bridgehead atoms. The van der Waals surface area contributed by atoms with E-state index in [-0.39, 0.29) is 12.6 Å². The number of carboxylic acids is 1. The van der Waals surface area contributed by atoms with E-state index in [0.717, 1.165) is 0 Å². The number of hydrogen-bond acceptors (Lipinski definition) is 4. The van der Waals surface area contributed by atoms with Gasteiger partial charge in [0.2, 0.25) is 0 Å². The fourth-order valence-corrected chi connectivity index (χ4v) is 2.97. The van der Waals surface area contributed by atoms with E-state index in [1.807, 2.05) is 18.2 Å². The van der Waals surface area contributed by atoms with Crippen molar-refractivity contribution in [2.75, 3.05) is 18.4 Å². The predicted molar refractivity (Wildman–Crippen MR) is 98.6 cm³/mol. The number of anilines is 1. The van der Waals surface area contributed by atoms with E-state index in [0.29, 0.717) is 42.1 Å². The summed E-state index contributed by atoms with van der Waals surface area (Å²) in [4.78, 5) is 25.1. The fraction of sp³-hybridized carbons (Fsp3) is 0.250. The lowest BCUT2D eigenvalue weighted by Gasteiger charge is -2.30. The number of carbonyl (C=O) groups is 2. The molecule has 1 saturated heterocycles. The zero-order valence-corrected chi connectivity index (χ0v) is 14.6. The van der Waals surface area contributed by atoms with Crippen molar-refractivity contribution in [2.24, 2.45) is 5.92 Å². The van der Waals surface area contributed by atoms with Gasteiger partial charge in [-0.3, -0.25) is 4.79 Å². The minimum atomic E-state index is -0.887. The van der Waals surface area contributed by atoms with Crippen LogP contribution in [-0.4, -0.2) is 35.1 Å². The second-order valence-electron chi connectivity index (χ2n) is 6.29. The fourth-order valence-electron chi connectivity index (χ4n) is 2.97. The van der Waals surface area contributed by atoms with Crippen LogP contribution in [0.3, 0.4) is 0 Å². The Balaban J connectivity index is 1.69. The van der Waals surface area contributed by atoms with Crippen molar-refractivity contribution in [3.05, 3.63) is 54.1 Å². The quantitative estimate of drug-likeness (QED) is 0.860. The molecule has 7 nitrogen and oxygen atoms in total. The molecule has 3 rings (SSSR count). The van der Waals surface area contributed by atoms with E-state index in [1.165, 1.54) is 11.0 Å². The monoisotopic (exact) mass is 365 g/mol. The Morgan fingerprint density at radius 1 is 1.22 bits per heavy atom. The van der Waals surface area contributed by atoms with E-state index in [1.54, 1.807) is 24.3 Å². The van der Waals surface area contributed by atoms with Crippen LogP contribution < -0.4 is 10.1 Å². The molecule has 0 aliphatic carbocycles. The molecule has 2 aromatic carbocycles. The Morgan fingerprint density at radius 2 is 2.00 bits per heavy atom. The van der Waals surface area contributed by atoms with Crippen molar-refractivity contribution in [1.29, 1.82) is 5.26 Å². The number of benzene rings is 2. The van der Waals surface area contributed by atoms with Gasteiger partial charge in [0.05, 0.1) is 11.5 Å². The zero-order chi connectivity index (χ0) is 19.2. The maximum atomic E-state index is 12.4. The summed E-state index contributed by atoms with van der Waals surface area (Å²) in [6.07, 6.45) is 1.22. The maximum absolute atomic E-state index is 12.4. The van der Waals surface area contributed by atoms with E-state index >= 15 is 0 Å². The summed E-state index contributed by atoms with van der Waals surface area (Å²) in [5.74, 6) is -0.424. The number of para-hydroxylation sites is 1. The molecule has 27 heavy (non-hydrogen) atoms. The van der Waals surface area contributed by atoms with E-state index < -0.39 is 11.9 Å². The van der Waals surface area contributed by atoms with Crippen LogP contribution in [0, 0.1) is 17.2 Å². The van der Waals surface area contributed by atoms with Gasteiger partial charge in [-0.2, -0.15) is 5.26 Å². The number of nitrogens with zero attached hydrogens (tertiary/aromatic N) is 2. The van der Waals surface area contributed by atoms with Crippen LogP contribution in [0.25, 0.3) is 0 Å². The molecule has 1 aliphatic heterocycles. The van der Waals surface area contributed by atoms with E-state index in [2.05, 4.69) is 11.4 Å². The van der Waals surface area contributed by atoms with Gasteiger partial charge < -0.3 is 20.1 Å². The van der Waals surface area contributed by atoms with Gasteiger partial charge in [-0.15, -0.1) is 0 Å². The molecule has 0 radical (unpaired) electrons. The first-order chi connectivity index (χ1) is 13.1. The smallest absolute Gasteiger partial charge is 0.321 e. The van der Waals surface area contributed by atoms with Crippen LogP contribution in [0.2, 0.25) is 0 Å². The van der Waals surface area contributed by atoms with Gasteiger partial charge >= 0.3 is 12.0 Å². The molecule has 0 aromatic heterocycles. The van der Waals surface area contributed by atoms with Gasteiger partial charge in [-0.25, -0.2) is 4.79 Å². The number of piperidine rings is 1. The molecule has 0 saturated carbocycles. The van der Waals surface area contributed by atoms with Crippen LogP contribution in [0.4, 0.5) is 10.5 Å². The standard InChI is InChI=1S/C20H19N3O4/c21-12-15-11-16(8-9-18(15)27-17-6-2-1-3-7-17)22-20(26)23-10-4-5-14(13-23)19(24)25/h1-3,6-9,11,14H,4-5,10,13H2,(H,22,26)(H,24,25). The van der Waals surface area contributed by atoms with Crippen molar-refractivity contribution in [1.82, 2.24) is 4.90 Å². The predicted octanol–water partition coefficient (Wildman–Crippen LogP) is 3.68. The Kier molecular flexibility index (Phi) is 5.57. The van der Waals surface area contributed by atoms with Crippen LogP contribution in [-0.2, 0) is 4.79 Å². The lowest BCUT2D eigenvalue weighted by Crippen LogP contribution is -2.44. The lowest BCUT2D eigenvalue weighted by molar-refractivity contribution is -0.143. The highest BCUT2D eigenvalue weighted by atomic mass is 16.5. The summed E-state index contributed by atoms with van der Waals surface area (Å²) in [5.41, 5.74) is 0.744. The molecule has 1 atom stereocenters. The molecule has 1 heterocycles. The number of carboxylic acid groups (broad SMARTS) is 1. The molecule has 0 spiro atoms. The minimum absolute atomic E-state index is 0.182. The zero-order valence-electron chi connectivity index (χ0n) is 14.6. The minimum Gasteiger partial charge on any atom is -0.481 e. The number of carbonyl (C=O) groups excluding carboxylic acids is 1. The second-order valence-corrected chi connectivity index (χ2v) is 6.29. The number of aliphatic carboxylic acids is 1. The van der Waals surface area contributed by atoms with Crippen molar-refractivity contribution in [2.45, 2.75) is 12.8 Å². The number of likely N-dealkylation sites (tertiary alicyclic amines) is 1. The first kappa shape index (κ1) is 18.3. The summed E-state index contributed by atoms with van der Waals surface area (Å²) in [6.45, 7) is 0.692. The van der Waals surface area contributed by atoms with Gasteiger partial charge in [-0.05, 0) is 43.2 Å². The largest absolute Gasteiger partial charge is 0.481 e. The molecule has 2 amide bonds. The summed E-state index contributed by atoms with van der Waals surface area (Å²) in [6, 6.07) is 15.6. The molecular formula is C20H19N3O4. The molecule has 1 unspecified atom stereocenters. The first-order valence-electron chi connectivity index (χ1n) is 8.62. The highest BCUT2D eigenvalue weighted by Gasteiger charge is 2.28. The third kappa shape index (κ3) is 4.55. The molecule has 2 aromatic rings. The van der Waals surface area contributed by atoms with Crippen molar-refractivity contribution in [3.63, 3.8) is 0 Å². The van der Waals surface area contributed by atoms with Crippen molar-refractivity contribution >= 4 is 17.7 Å². The number of nitriles is 1. The summed E-state index contributed by atoms with van der Waals surface area (Å²) >= 11 is 0. The Hall–Kier alpha value is -3.53. The third-order valence-electron chi connectivity index (χ3n) is 4.38. The summed E-state index contributed by atoms with van der Waals surface area (Å²) < 4.78 is 5.71. The van der Waals surface area contributed by atoms with Crippen LogP contribution >= 0.6 is 0 Å². The molecular weight excluding hydrogens is 346 g/mol. The van der Waals surface area contributed by atoms with E-state index in [9.17, 15) is 14.9 Å². The highest BCUT2D eigenvalue weighted by molar-refractivity contribution is 5.90. The topological polar surface area (TPSA) is 103 Å². The number of rotatable bonds is 4. The number of ether oxygens (including phenoxy) is 1. The Morgan fingerprint density at radius 3 is 2.70 bits per heavy atom. The average Bonchev–Trinajstić information content (AvgIpc) is 2.70. The molecule has 7 heteroatoms. The van der Waals surface area contributed by atoms with Crippen molar-refractivity contribution in [3.8, 4) is 17.6 Å². The number of hydrogen-bond donors (Lipinski definition) is 2. The molecule has 138 valence electrons. The lowest BCUT2D eigenvalue weighted by atomic mass is 9.99. The maximum Gasteiger partial charge on any atom is 0.321 e. The van der Waals surface area contributed by atoms with Gasteiger partial charge in [0.15, 0.2) is 0 Å². The van der Waals surface area contributed by atoms with Gasteiger partial charge in [-0.1, -0.05) is 18.2 Å². The molecule has 2 N–H and O–H groups in total. The highest BCUT2D eigenvalue weighted by Crippen LogP contribution is 2.27. The Labute approximate surface area is 156 Å². The normalized spacial score (nSPS) is 16.3. The molecule has 1 fully saturated rings. The number of nitrogens with one attached hydrogen (secondary N) is 1. The van der Waals surface area contributed by atoms with Crippen LogP contribution in [0.5, 0.6) is 11.5 Å². The third-order valence-corrected chi connectivity index (χ3v) is 4.38. The summed E-state index contributed by atoms with van der Waals surface area (Å²) in [7, 11) is 0. The summed E-state index contributed by atoms with van der Waals surface area (Å²) in [5, 5.41) is 21.2. The van der Waals surface area contributed by atoms with Gasteiger partial charge in [0.1, 0.15) is 17.6 Å².